The summed E-state index contributed by atoms with van der Waals surface area (Å²) in [5.41, 5.74) is 1.33. The molecule has 0 aromatic carbocycles. The van der Waals surface area contributed by atoms with Crippen molar-refractivity contribution in [2.24, 2.45) is 4.99 Å². The Balaban J connectivity index is 2.28. The van der Waals surface area contributed by atoms with Gasteiger partial charge >= 0.3 is 0 Å². The van der Waals surface area contributed by atoms with Crippen molar-refractivity contribution < 1.29 is 4.79 Å². The Kier molecular flexibility index (Phi) is 7.08. The first-order valence-corrected chi connectivity index (χ1v) is 7.65. The van der Waals surface area contributed by atoms with Crippen LogP contribution in [-0.2, 0) is 4.79 Å². The van der Waals surface area contributed by atoms with Gasteiger partial charge in [0.1, 0.15) is 0 Å². The molecule has 0 spiro atoms. The molecular weight excluding hydrogens is 272 g/mol. The number of nitrogens with one attached hydrogen (secondary N) is 2. The normalized spacial score (nSPS) is 12.9. The molecule has 6 heteroatoms. The molecule has 1 atom stereocenters. The zero-order chi connectivity index (χ0) is 15.0. The third-order valence-electron chi connectivity index (χ3n) is 3.04. The molecule has 1 aromatic heterocycles. The fourth-order valence-electron chi connectivity index (χ4n) is 1.66. The Morgan fingerprint density at radius 1 is 1.45 bits per heavy atom. The Hall–Kier alpha value is -1.56. The lowest BCUT2D eigenvalue weighted by Crippen LogP contribution is -2.40. The first-order valence-electron chi connectivity index (χ1n) is 6.71. The number of aliphatic imine (C=N–C) groups is 1. The third kappa shape index (κ3) is 5.61. The lowest BCUT2D eigenvalue weighted by atomic mass is 10.1. The fourth-order valence-corrected chi connectivity index (χ4v) is 2.44. The molecule has 0 aliphatic rings. The lowest BCUT2D eigenvalue weighted by molar-refractivity contribution is -0.128. The molecule has 1 unspecified atom stereocenters. The van der Waals surface area contributed by atoms with Crippen molar-refractivity contribution in [3.63, 3.8) is 0 Å². The van der Waals surface area contributed by atoms with Gasteiger partial charge in [0.15, 0.2) is 5.96 Å². The highest BCUT2D eigenvalue weighted by Crippen LogP contribution is 2.16. The van der Waals surface area contributed by atoms with Gasteiger partial charge in [0.2, 0.25) is 5.91 Å². The molecule has 0 bridgehead atoms. The standard InChI is InChI=1S/C14H24N4OS/c1-11(12-6-8-20-10-12)9-17-14(15-2)16-7-5-13(19)18(3)4/h6,8,10-11H,5,7,9H2,1-4H3,(H2,15,16,17). The topological polar surface area (TPSA) is 56.7 Å². The van der Waals surface area contributed by atoms with E-state index in [1.807, 2.05) is 0 Å². The number of carbonyl (C=O) groups excluding carboxylic acids is 1. The summed E-state index contributed by atoms with van der Waals surface area (Å²) in [6.45, 7) is 3.58. The Morgan fingerprint density at radius 3 is 2.75 bits per heavy atom. The minimum absolute atomic E-state index is 0.111. The highest BCUT2D eigenvalue weighted by atomic mass is 32.1. The zero-order valence-corrected chi connectivity index (χ0v) is 13.5. The van der Waals surface area contributed by atoms with Crippen LogP contribution in [0.4, 0.5) is 0 Å². The van der Waals surface area contributed by atoms with Crippen molar-refractivity contribution in [3.05, 3.63) is 22.4 Å². The molecule has 112 valence electrons. The average Bonchev–Trinajstić information content (AvgIpc) is 2.95. The van der Waals surface area contributed by atoms with Gasteiger partial charge in [-0.25, -0.2) is 0 Å². The van der Waals surface area contributed by atoms with Gasteiger partial charge in [0, 0.05) is 40.7 Å². The maximum atomic E-state index is 11.5. The summed E-state index contributed by atoms with van der Waals surface area (Å²) in [6.07, 6.45) is 0.466. The van der Waals surface area contributed by atoms with E-state index in [2.05, 4.69) is 39.4 Å². The Labute approximate surface area is 125 Å². The van der Waals surface area contributed by atoms with Gasteiger partial charge in [0.05, 0.1) is 0 Å². The monoisotopic (exact) mass is 296 g/mol. The minimum Gasteiger partial charge on any atom is -0.356 e. The molecule has 20 heavy (non-hydrogen) atoms. The van der Waals surface area contributed by atoms with Gasteiger partial charge in [-0.3, -0.25) is 9.79 Å². The number of carbonyl (C=O) groups is 1. The van der Waals surface area contributed by atoms with Crippen LogP contribution in [0.2, 0.25) is 0 Å². The van der Waals surface area contributed by atoms with Crippen LogP contribution in [0.3, 0.4) is 0 Å². The summed E-state index contributed by atoms with van der Waals surface area (Å²) >= 11 is 1.71. The summed E-state index contributed by atoms with van der Waals surface area (Å²) < 4.78 is 0. The Bertz CT molecular complexity index is 428. The number of nitrogens with zero attached hydrogens (tertiary/aromatic N) is 2. The number of hydrogen-bond acceptors (Lipinski definition) is 3. The smallest absolute Gasteiger partial charge is 0.223 e. The van der Waals surface area contributed by atoms with Crippen LogP contribution in [0.25, 0.3) is 0 Å². The molecule has 0 fully saturated rings. The van der Waals surface area contributed by atoms with E-state index in [0.717, 1.165) is 12.5 Å². The molecule has 1 rings (SSSR count). The molecule has 1 heterocycles. The number of guanidine groups is 1. The van der Waals surface area contributed by atoms with E-state index in [0.29, 0.717) is 18.9 Å². The summed E-state index contributed by atoms with van der Waals surface area (Å²) in [4.78, 5) is 17.2. The SMILES string of the molecule is CN=C(NCCC(=O)N(C)C)NCC(C)c1ccsc1. The summed E-state index contributed by atoms with van der Waals surface area (Å²) in [6, 6.07) is 2.14. The quantitative estimate of drug-likeness (QED) is 0.618. The highest BCUT2D eigenvalue weighted by molar-refractivity contribution is 7.07. The molecule has 0 saturated carbocycles. The van der Waals surface area contributed by atoms with E-state index in [-0.39, 0.29) is 5.91 Å². The predicted molar refractivity (Wildman–Crippen MR) is 85.4 cm³/mol. The van der Waals surface area contributed by atoms with E-state index in [9.17, 15) is 4.79 Å². The van der Waals surface area contributed by atoms with Gasteiger partial charge < -0.3 is 15.5 Å². The van der Waals surface area contributed by atoms with Crippen LogP contribution in [0.1, 0.15) is 24.8 Å². The maximum Gasteiger partial charge on any atom is 0.223 e. The molecule has 1 aromatic rings. The van der Waals surface area contributed by atoms with Crippen LogP contribution in [0, 0.1) is 0 Å². The summed E-state index contributed by atoms with van der Waals surface area (Å²) in [5.74, 6) is 1.28. The van der Waals surface area contributed by atoms with E-state index in [1.165, 1.54) is 5.56 Å². The Morgan fingerprint density at radius 2 is 2.20 bits per heavy atom. The zero-order valence-electron chi connectivity index (χ0n) is 12.6. The molecule has 5 nitrogen and oxygen atoms in total. The summed E-state index contributed by atoms with van der Waals surface area (Å²) in [7, 11) is 5.26. The second-order valence-electron chi connectivity index (χ2n) is 4.88. The van der Waals surface area contributed by atoms with Gasteiger partial charge in [-0.05, 0) is 28.3 Å². The molecule has 2 N–H and O–H groups in total. The van der Waals surface area contributed by atoms with Gasteiger partial charge in [-0.2, -0.15) is 11.3 Å². The van der Waals surface area contributed by atoms with Crippen molar-refractivity contribution in [1.29, 1.82) is 0 Å². The van der Waals surface area contributed by atoms with E-state index < -0.39 is 0 Å². The molecule has 0 aliphatic carbocycles. The van der Waals surface area contributed by atoms with Crippen LogP contribution in [0.5, 0.6) is 0 Å². The molecule has 1 amide bonds. The van der Waals surface area contributed by atoms with Crippen molar-refractivity contribution in [3.8, 4) is 0 Å². The van der Waals surface area contributed by atoms with Crippen molar-refractivity contribution >= 4 is 23.2 Å². The van der Waals surface area contributed by atoms with Gasteiger partial charge in [-0.1, -0.05) is 6.92 Å². The second-order valence-corrected chi connectivity index (χ2v) is 5.66. The number of thiophene rings is 1. The fraction of sp³-hybridized carbons (Fsp3) is 0.571. The third-order valence-corrected chi connectivity index (χ3v) is 3.74. The van der Waals surface area contributed by atoms with Crippen molar-refractivity contribution in [2.45, 2.75) is 19.3 Å². The minimum atomic E-state index is 0.111. The molecule has 0 saturated heterocycles. The number of rotatable bonds is 6. The van der Waals surface area contributed by atoms with Crippen molar-refractivity contribution in [2.75, 3.05) is 34.2 Å². The molecule has 0 aliphatic heterocycles. The molecule has 0 radical (unpaired) electrons. The van der Waals surface area contributed by atoms with Gasteiger partial charge in [-0.15, -0.1) is 0 Å². The number of amides is 1. The number of hydrogen-bond donors (Lipinski definition) is 2. The highest BCUT2D eigenvalue weighted by Gasteiger charge is 2.08. The first kappa shape index (κ1) is 16.5. The van der Waals surface area contributed by atoms with E-state index in [1.54, 1.807) is 37.4 Å². The van der Waals surface area contributed by atoms with E-state index in [4.69, 9.17) is 0 Å². The van der Waals surface area contributed by atoms with Crippen LogP contribution < -0.4 is 10.6 Å². The maximum absolute atomic E-state index is 11.5. The average molecular weight is 296 g/mol. The largest absolute Gasteiger partial charge is 0.356 e. The van der Waals surface area contributed by atoms with Crippen LogP contribution >= 0.6 is 11.3 Å². The summed E-state index contributed by atoms with van der Waals surface area (Å²) in [5, 5.41) is 10.7. The van der Waals surface area contributed by atoms with E-state index >= 15 is 0 Å². The predicted octanol–water partition coefficient (Wildman–Crippen LogP) is 1.49. The first-order chi connectivity index (χ1) is 9.54. The molecular formula is C14H24N4OS. The van der Waals surface area contributed by atoms with Crippen LogP contribution in [-0.4, -0.2) is 51.0 Å². The van der Waals surface area contributed by atoms with Crippen LogP contribution in [0.15, 0.2) is 21.8 Å². The second kappa shape index (κ2) is 8.58. The lowest BCUT2D eigenvalue weighted by Gasteiger charge is -2.16. The van der Waals surface area contributed by atoms with Gasteiger partial charge in [0.25, 0.3) is 0 Å². The van der Waals surface area contributed by atoms with Crippen molar-refractivity contribution in [1.82, 2.24) is 15.5 Å².